The maximum atomic E-state index is 12.1. The van der Waals surface area contributed by atoms with Gasteiger partial charge in [-0.2, -0.15) is 0 Å². The summed E-state index contributed by atoms with van der Waals surface area (Å²) in [6, 6.07) is 12.8. The first-order valence-electron chi connectivity index (χ1n) is 7.57. The van der Waals surface area contributed by atoms with E-state index in [1.165, 1.54) is 0 Å². The van der Waals surface area contributed by atoms with Crippen molar-refractivity contribution in [2.24, 2.45) is 0 Å². The van der Waals surface area contributed by atoms with Gasteiger partial charge in [-0.15, -0.1) is 0 Å². The molecule has 0 aliphatic heterocycles. The first-order chi connectivity index (χ1) is 11.5. The number of rotatable bonds is 6. The maximum absolute atomic E-state index is 12.1. The van der Waals surface area contributed by atoms with Crippen LogP contribution in [-0.2, 0) is 4.79 Å². The topological polar surface area (TPSA) is 67.4 Å². The Morgan fingerprint density at radius 2 is 1.83 bits per heavy atom. The molecule has 0 saturated carbocycles. The van der Waals surface area contributed by atoms with E-state index in [1.54, 1.807) is 12.1 Å². The van der Waals surface area contributed by atoms with Crippen LogP contribution in [0.1, 0.15) is 22.8 Å². The Bertz CT molecular complexity index is 730. The monoisotopic (exact) mass is 438 g/mol. The van der Waals surface area contributed by atoms with Gasteiger partial charge in [0.05, 0.1) is 5.56 Å². The predicted octanol–water partition coefficient (Wildman–Crippen LogP) is 3.37. The smallest absolute Gasteiger partial charge is 0.262 e. The van der Waals surface area contributed by atoms with E-state index in [0.717, 1.165) is 9.13 Å². The van der Waals surface area contributed by atoms with Crippen molar-refractivity contribution >= 4 is 40.1 Å². The fraction of sp³-hybridized carbons (Fsp3) is 0.222. The fourth-order valence-corrected chi connectivity index (χ4v) is 2.51. The van der Waals surface area contributed by atoms with Crippen LogP contribution < -0.4 is 15.4 Å². The second kappa shape index (κ2) is 8.68. The van der Waals surface area contributed by atoms with Crippen molar-refractivity contribution in [1.82, 2.24) is 5.32 Å². The van der Waals surface area contributed by atoms with E-state index >= 15 is 0 Å². The van der Waals surface area contributed by atoms with Gasteiger partial charge in [0.2, 0.25) is 0 Å². The summed E-state index contributed by atoms with van der Waals surface area (Å²) in [6.45, 7) is 4.06. The molecule has 2 aromatic rings. The molecular weight excluding hydrogens is 419 g/mol. The zero-order valence-electron chi connectivity index (χ0n) is 13.6. The number of amides is 2. The highest BCUT2D eigenvalue weighted by Gasteiger charge is 2.15. The van der Waals surface area contributed by atoms with E-state index in [2.05, 4.69) is 33.2 Å². The minimum absolute atomic E-state index is 0.163. The average molecular weight is 438 g/mol. The number of ether oxygens (including phenoxy) is 1. The SMILES string of the molecule is CCNC(=O)c1cccc(C)c1OCC(=O)Nc1ccc(I)cc1. The van der Waals surface area contributed by atoms with Gasteiger partial charge in [0, 0.05) is 15.8 Å². The molecule has 0 radical (unpaired) electrons. The minimum Gasteiger partial charge on any atom is -0.483 e. The minimum atomic E-state index is -0.277. The number of anilines is 1. The zero-order valence-corrected chi connectivity index (χ0v) is 15.7. The van der Waals surface area contributed by atoms with Gasteiger partial charge < -0.3 is 15.4 Å². The lowest BCUT2D eigenvalue weighted by atomic mass is 10.1. The largest absolute Gasteiger partial charge is 0.483 e. The van der Waals surface area contributed by atoms with Crippen LogP contribution in [0.2, 0.25) is 0 Å². The molecule has 2 aromatic carbocycles. The number of aryl methyl sites for hydroxylation is 1. The Balaban J connectivity index is 2.04. The highest BCUT2D eigenvalue weighted by Crippen LogP contribution is 2.23. The average Bonchev–Trinajstić information content (AvgIpc) is 2.56. The molecule has 6 heteroatoms. The van der Waals surface area contributed by atoms with Crippen molar-refractivity contribution in [2.45, 2.75) is 13.8 Å². The van der Waals surface area contributed by atoms with Crippen LogP contribution in [0.4, 0.5) is 5.69 Å². The molecule has 2 amide bonds. The summed E-state index contributed by atoms with van der Waals surface area (Å²) < 4.78 is 6.71. The van der Waals surface area contributed by atoms with E-state index in [-0.39, 0.29) is 18.4 Å². The number of benzene rings is 2. The van der Waals surface area contributed by atoms with Crippen molar-refractivity contribution < 1.29 is 14.3 Å². The van der Waals surface area contributed by atoms with Gasteiger partial charge in [0.25, 0.3) is 11.8 Å². The van der Waals surface area contributed by atoms with Crippen molar-refractivity contribution in [3.63, 3.8) is 0 Å². The molecule has 0 fully saturated rings. The lowest BCUT2D eigenvalue weighted by molar-refractivity contribution is -0.118. The van der Waals surface area contributed by atoms with Gasteiger partial charge in [-0.25, -0.2) is 0 Å². The molecule has 24 heavy (non-hydrogen) atoms. The number of carbonyl (C=O) groups excluding carboxylic acids is 2. The summed E-state index contributed by atoms with van der Waals surface area (Å²) in [7, 11) is 0. The molecule has 2 N–H and O–H groups in total. The predicted molar refractivity (Wildman–Crippen MR) is 102 cm³/mol. The lowest BCUT2D eigenvalue weighted by Crippen LogP contribution is -2.25. The second-order valence-electron chi connectivity index (χ2n) is 5.15. The zero-order chi connectivity index (χ0) is 17.5. The van der Waals surface area contributed by atoms with E-state index in [0.29, 0.717) is 23.5 Å². The van der Waals surface area contributed by atoms with Crippen LogP contribution in [0.15, 0.2) is 42.5 Å². The van der Waals surface area contributed by atoms with Crippen molar-refractivity contribution in [1.29, 1.82) is 0 Å². The molecule has 0 heterocycles. The standard InChI is InChI=1S/C18H19IN2O3/c1-3-20-18(23)15-6-4-5-12(2)17(15)24-11-16(22)21-14-9-7-13(19)8-10-14/h4-10H,3,11H2,1-2H3,(H,20,23)(H,21,22). The first kappa shape index (κ1) is 18.3. The van der Waals surface area contributed by atoms with Gasteiger partial charge in [0.15, 0.2) is 6.61 Å². The van der Waals surface area contributed by atoms with Crippen LogP contribution in [0.3, 0.4) is 0 Å². The lowest BCUT2D eigenvalue weighted by Gasteiger charge is -2.14. The molecule has 0 bridgehead atoms. The van der Waals surface area contributed by atoms with Gasteiger partial charge in [-0.05, 0) is 72.3 Å². The highest BCUT2D eigenvalue weighted by molar-refractivity contribution is 14.1. The van der Waals surface area contributed by atoms with E-state index in [1.807, 2.05) is 44.2 Å². The summed E-state index contributed by atoms with van der Waals surface area (Å²) in [6.07, 6.45) is 0. The molecule has 0 aromatic heterocycles. The Morgan fingerprint density at radius 1 is 1.12 bits per heavy atom. The number of hydrogen-bond donors (Lipinski definition) is 2. The molecule has 0 saturated heterocycles. The quantitative estimate of drug-likeness (QED) is 0.680. The molecule has 0 unspecified atom stereocenters. The number of halogens is 1. The maximum Gasteiger partial charge on any atom is 0.262 e. The van der Waals surface area contributed by atoms with E-state index in [4.69, 9.17) is 4.74 Å². The van der Waals surface area contributed by atoms with Crippen molar-refractivity contribution in [3.05, 3.63) is 57.2 Å². The second-order valence-corrected chi connectivity index (χ2v) is 6.40. The van der Waals surface area contributed by atoms with Crippen LogP contribution in [-0.4, -0.2) is 25.0 Å². The number of hydrogen-bond acceptors (Lipinski definition) is 3. The van der Waals surface area contributed by atoms with E-state index in [9.17, 15) is 9.59 Å². The summed E-state index contributed by atoms with van der Waals surface area (Å²) in [4.78, 5) is 24.1. The number of nitrogens with one attached hydrogen (secondary N) is 2. The van der Waals surface area contributed by atoms with Crippen molar-refractivity contribution in [2.75, 3.05) is 18.5 Å². The highest BCUT2D eigenvalue weighted by atomic mass is 127. The Hall–Kier alpha value is -2.09. The summed E-state index contributed by atoms with van der Waals surface area (Å²) in [5.41, 5.74) is 1.94. The molecule has 0 spiro atoms. The molecule has 5 nitrogen and oxygen atoms in total. The Labute approximate surface area is 154 Å². The van der Waals surface area contributed by atoms with Crippen LogP contribution in [0, 0.1) is 10.5 Å². The van der Waals surface area contributed by atoms with Crippen LogP contribution in [0.25, 0.3) is 0 Å². The number of carbonyl (C=O) groups is 2. The Kier molecular flexibility index (Phi) is 6.60. The Morgan fingerprint density at radius 3 is 2.50 bits per heavy atom. The third-order valence-corrected chi connectivity index (χ3v) is 3.99. The fourth-order valence-electron chi connectivity index (χ4n) is 2.15. The molecule has 0 aliphatic carbocycles. The molecule has 0 aliphatic rings. The first-order valence-corrected chi connectivity index (χ1v) is 8.65. The van der Waals surface area contributed by atoms with Crippen molar-refractivity contribution in [3.8, 4) is 5.75 Å². The third kappa shape index (κ3) is 4.95. The van der Waals surface area contributed by atoms with Gasteiger partial charge in [0.1, 0.15) is 5.75 Å². The summed E-state index contributed by atoms with van der Waals surface area (Å²) >= 11 is 2.20. The molecule has 2 rings (SSSR count). The van der Waals surface area contributed by atoms with Gasteiger partial charge in [-0.1, -0.05) is 12.1 Å². The van der Waals surface area contributed by atoms with Gasteiger partial charge in [-0.3, -0.25) is 9.59 Å². The number of para-hydroxylation sites is 1. The normalized spacial score (nSPS) is 10.1. The summed E-state index contributed by atoms with van der Waals surface area (Å²) in [5.74, 6) is -0.0586. The molecule has 126 valence electrons. The van der Waals surface area contributed by atoms with E-state index < -0.39 is 0 Å². The van der Waals surface area contributed by atoms with Crippen LogP contribution in [0.5, 0.6) is 5.75 Å². The summed E-state index contributed by atoms with van der Waals surface area (Å²) in [5, 5.41) is 5.51. The molecular formula is C18H19IN2O3. The third-order valence-electron chi connectivity index (χ3n) is 3.27. The van der Waals surface area contributed by atoms with Crippen LogP contribution >= 0.6 is 22.6 Å². The molecule has 0 atom stereocenters. The van der Waals surface area contributed by atoms with Gasteiger partial charge >= 0.3 is 0 Å².